The van der Waals surface area contributed by atoms with Crippen molar-refractivity contribution in [3.63, 3.8) is 0 Å². The van der Waals surface area contributed by atoms with Crippen molar-refractivity contribution in [3.8, 4) is 17.0 Å². The number of rotatable bonds is 7. The van der Waals surface area contributed by atoms with Gasteiger partial charge in [-0.15, -0.1) is 11.6 Å². The van der Waals surface area contributed by atoms with E-state index < -0.39 is 53.7 Å². The average molecular weight is 572 g/mol. The van der Waals surface area contributed by atoms with Crippen LogP contribution in [0.25, 0.3) is 11.3 Å². The normalized spacial score (nSPS) is 15.4. The van der Waals surface area contributed by atoms with E-state index in [4.69, 9.17) is 27.9 Å². The highest BCUT2D eigenvalue weighted by Crippen LogP contribution is 2.34. The Hall–Kier alpha value is -3.64. The number of hydrogen-bond donors (Lipinski definition) is 2. The molecule has 0 saturated carbocycles. The van der Waals surface area contributed by atoms with Crippen molar-refractivity contribution in [2.75, 3.05) is 36.3 Å². The maximum Gasteiger partial charge on any atom is 0.289 e. The quantitative estimate of drug-likeness (QED) is 0.320. The molecule has 0 aliphatic carbocycles. The fourth-order valence-electron chi connectivity index (χ4n) is 3.56. The molecule has 14 heteroatoms. The summed E-state index contributed by atoms with van der Waals surface area (Å²) in [5.74, 6) is -7.32. The minimum atomic E-state index is -3.13. The van der Waals surface area contributed by atoms with Crippen LogP contribution in [0, 0.1) is 11.6 Å². The molecule has 0 spiro atoms. The number of fused-ring (bicyclic) bond motifs is 1. The number of benzene rings is 2. The topological polar surface area (TPSA) is 96.5 Å². The first-order chi connectivity index (χ1) is 18.0. The molecule has 3 aromatic rings. The third kappa shape index (κ3) is 5.91. The van der Waals surface area contributed by atoms with Crippen LogP contribution in [-0.4, -0.2) is 59.8 Å². The number of alkyl halides is 3. The lowest BCUT2D eigenvalue weighted by molar-refractivity contribution is -0.120. The Labute approximate surface area is 223 Å². The van der Waals surface area contributed by atoms with Gasteiger partial charge in [0.25, 0.3) is 17.7 Å². The highest BCUT2D eigenvalue weighted by Gasteiger charge is 2.32. The summed E-state index contributed by atoms with van der Waals surface area (Å²) in [6.45, 7) is -0.969. The van der Waals surface area contributed by atoms with Gasteiger partial charge in [-0.2, -0.15) is 0 Å². The number of aromatic nitrogens is 2. The number of amides is 2. The van der Waals surface area contributed by atoms with Crippen molar-refractivity contribution < 1.29 is 31.9 Å². The molecule has 38 heavy (non-hydrogen) atoms. The Balaban J connectivity index is 1.51. The van der Waals surface area contributed by atoms with Gasteiger partial charge < -0.3 is 20.3 Å². The second-order valence-electron chi connectivity index (χ2n) is 8.27. The van der Waals surface area contributed by atoms with E-state index in [0.29, 0.717) is 11.8 Å². The van der Waals surface area contributed by atoms with Gasteiger partial charge in [0.2, 0.25) is 5.82 Å². The summed E-state index contributed by atoms with van der Waals surface area (Å²) >= 11 is 11.3. The van der Waals surface area contributed by atoms with Crippen LogP contribution in [0.15, 0.2) is 42.6 Å². The highest BCUT2D eigenvalue weighted by molar-refractivity contribution is 6.33. The first kappa shape index (κ1) is 27.4. The maximum atomic E-state index is 14.3. The Morgan fingerprint density at radius 2 is 2.00 bits per heavy atom. The number of nitrogens with one attached hydrogen (secondary N) is 2. The van der Waals surface area contributed by atoms with E-state index in [0.717, 1.165) is 18.3 Å². The van der Waals surface area contributed by atoms with E-state index in [1.165, 1.54) is 30.1 Å². The molecule has 2 N–H and O–H groups in total. The molecule has 0 bridgehead atoms. The monoisotopic (exact) mass is 571 g/mol. The van der Waals surface area contributed by atoms with Gasteiger partial charge in [0.15, 0.2) is 0 Å². The molecular weight excluding hydrogens is 553 g/mol. The molecule has 8 nitrogen and oxygen atoms in total. The summed E-state index contributed by atoms with van der Waals surface area (Å²) in [5, 5.41) is 4.96. The van der Waals surface area contributed by atoms with Gasteiger partial charge in [0.05, 0.1) is 35.0 Å². The number of ether oxygens (including phenoxy) is 1. The molecule has 4 rings (SSSR count). The largest absolute Gasteiger partial charge is 0.489 e. The summed E-state index contributed by atoms with van der Waals surface area (Å²) in [7, 11) is 1.43. The molecule has 1 unspecified atom stereocenters. The van der Waals surface area contributed by atoms with Crippen molar-refractivity contribution in [1.82, 2.24) is 15.3 Å². The van der Waals surface area contributed by atoms with Crippen molar-refractivity contribution in [3.05, 3.63) is 65.1 Å². The van der Waals surface area contributed by atoms with Crippen molar-refractivity contribution in [2.24, 2.45) is 0 Å². The van der Waals surface area contributed by atoms with E-state index in [1.807, 2.05) is 0 Å². The number of likely N-dealkylation sites (N-methyl/N-ethyl adjacent to an activating group) is 1. The molecule has 1 aliphatic heterocycles. The van der Waals surface area contributed by atoms with E-state index in [-0.39, 0.29) is 34.3 Å². The van der Waals surface area contributed by atoms with Crippen molar-refractivity contribution in [2.45, 2.75) is 12.0 Å². The van der Waals surface area contributed by atoms with Crippen LogP contribution in [0.1, 0.15) is 10.6 Å². The maximum absolute atomic E-state index is 14.3. The predicted octanol–water partition coefficient (Wildman–Crippen LogP) is 4.52. The highest BCUT2D eigenvalue weighted by atomic mass is 35.5. The van der Waals surface area contributed by atoms with E-state index in [9.17, 15) is 27.2 Å². The fourth-order valence-corrected chi connectivity index (χ4v) is 3.85. The molecule has 1 aromatic heterocycles. The van der Waals surface area contributed by atoms with Crippen LogP contribution >= 0.6 is 23.2 Å². The number of halogens is 6. The number of carbonyl (C=O) groups is 2. The zero-order valence-electron chi connectivity index (χ0n) is 19.6. The van der Waals surface area contributed by atoms with Crippen LogP contribution in [0.2, 0.25) is 5.02 Å². The third-order valence-corrected chi connectivity index (χ3v) is 6.21. The van der Waals surface area contributed by atoms with Gasteiger partial charge in [0, 0.05) is 24.4 Å². The standard InChI is InChI=1S/C24H19Cl2F4N5O3/c1-35-18-7-13(32-11-24(29,30)10-25)3-5-19(18)38-9-17(23(35)37)33-22(36)21-31-8-15(26)20(34-21)14-4-2-12(27)6-16(14)28/h2-8,17,32H,9-11H2,1H3,(H,33,36). The van der Waals surface area contributed by atoms with Crippen molar-refractivity contribution in [1.29, 1.82) is 0 Å². The first-order valence-corrected chi connectivity index (χ1v) is 11.9. The summed E-state index contributed by atoms with van der Waals surface area (Å²) < 4.78 is 60.2. The first-order valence-electron chi connectivity index (χ1n) is 11.0. The molecular formula is C24H19Cl2F4N5O3. The minimum Gasteiger partial charge on any atom is -0.489 e. The van der Waals surface area contributed by atoms with E-state index in [1.54, 1.807) is 0 Å². The number of nitrogens with zero attached hydrogens (tertiary/aromatic N) is 3. The lowest BCUT2D eigenvalue weighted by Gasteiger charge is -2.21. The van der Waals surface area contributed by atoms with Crippen molar-refractivity contribution >= 4 is 46.4 Å². The Morgan fingerprint density at radius 3 is 2.71 bits per heavy atom. The van der Waals surface area contributed by atoms with Gasteiger partial charge in [-0.1, -0.05) is 11.6 Å². The van der Waals surface area contributed by atoms with Gasteiger partial charge in [-0.05, 0) is 30.3 Å². The summed E-state index contributed by atoms with van der Waals surface area (Å²) in [5.41, 5.74) is 0.291. The van der Waals surface area contributed by atoms with E-state index in [2.05, 4.69) is 20.6 Å². The van der Waals surface area contributed by atoms with Crippen LogP contribution in [0.3, 0.4) is 0 Å². The molecule has 0 fully saturated rings. The van der Waals surface area contributed by atoms with E-state index >= 15 is 0 Å². The third-order valence-electron chi connectivity index (χ3n) is 5.54. The zero-order chi connectivity index (χ0) is 27.6. The summed E-state index contributed by atoms with van der Waals surface area (Å²) in [4.78, 5) is 35.0. The zero-order valence-corrected chi connectivity index (χ0v) is 21.1. The molecule has 1 atom stereocenters. The molecule has 2 heterocycles. The molecule has 1 aliphatic rings. The smallest absolute Gasteiger partial charge is 0.289 e. The predicted molar refractivity (Wildman–Crippen MR) is 133 cm³/mol. The van der Waals surface area contributed by atoms with Gasteiger partial charge >= 0.3 is 0 Å². The fraction of sp³-hybridized carbons (Fsp3) is 0.250. The second-order valence-corrected chi connectivity index (χ2v) is 8.95. The van der Waals surface area contributed by atoms with Crippen LogP contribution in [0.5, 0.6) is 5.75 Å². The second kappa shape index (κ2) is 11.0. The van der Waals surface area contributed by atoms with Gasteiger partial charge in [-0.25, -0.2) is 27.5 Å². The molecule has 2 aromatic carbocycles. The Bertz CT molecular complexity index is 1400. The van der Waals surface area contributed by atoms with Crippen LogP contribution in [0.4, 0.5) is 28.9 Å². The lowest BCUT2D eigenvalue weighted by Crippen LogP contribution is -2.49. The molecule has 0 saturated heterocycles. The van der Waals surface area contributed by atoms with Gasteiger partial charge in [0.1, 0.15) is 30.0 Å². The number of carbonyl (C=O) groups excluding carboxylic acids is 2. The summed E-state index contributed by atoms with van der Waals surface area (Å²) in [6, 6.07) is 6.04. The summed E-state index contributed by atoms with van der Waals surface area (Å²) in [6.07, 6.45) is 1.08. The molecule has 200 valence electrons. The Morgan fingerprint density at radius 1 is 1.24 bits per heavy atom. The Kier molecular flexibility index (Phi) is 7.93. The van der Waals surface area contributed by atoms with Crippen LogP contribution in [-0.2, 0) is 4.79 Å². The number of hydrogen-bond acceptors (Lipinski definition) is 6. The average Bonchev–Trinajstić information content (AvgIpc) is 3.00. The minimum absolute atomic E-state index is 0.0793. The SMILES string of the molecule is CN1C(=O)C(NC(=O)c2ncc(Cl)c(-c3ccc(F)cc3F)n2)COc2ccc(NCC(F)(F)CCl)cc21. The molecule has 2 amide bonds. The lowest BCUT2D eigenvalue weighted by atomic mass is 10.1. The van der Waals surface area contributed by atoms with Gasteiger partial charge in [-0.3, -0.25) is 9.59 Å². The van der Waals surface area contributed by atoms with Crippen LogP contribution < -0.4 is 20.3 Å². The molecule has 0 radical (unpaired) electrons. The number of anilines is 2.